The first-order valence-corrected chi connectivity index (χ1v) is 10.9. The number of carbonyl (C=O) groups excluding carboxylic acids is 3. The van der Waals surface area contributed by atoms with Gasteiger partial charge < -0.3 is 24.6 Å². The Bertz CT molecular complexity index is 1030. The fraction of sp³-hybridized carbons (Fsp3) is 0.375. The predicted octanol–water partition coefficient (Wildman–Crippen LogP) is 2.65. The second-order valence-electron chi connectivity index (χ2n) is 8.40. The number of hydrogen-bond donors (Lipinski definition) is 1. The van der Waals surface area contributed by atoms with Crippen molar-refractivity contribution in [3.8, 4) is 11.5 Å². The van der Waals surface area contributed by atoms with Crippen LogP contribution in [0, 0.1) is 11.8 Å². The smallest absolute Gasteiger partial charge is 0.231 e. The summed E-state index contributed by atoms with van der Waals surface area (Å²) in [5, 5.41) is 2.94. The van der Waals surface area contributed by atoms with Gasteiger partial charge >= 0.3 is 0 Å². The van der Waals surface area contributed by atoms with E-state index >= 15 is 0 Å². The highest BCUT2D eigenvalue weighted by molar-refractivity contribution is 6.00. The van der Waals surface area contributed by atoms with Crippen molar-refractivity contribution in [2.75, 3.05) is 36.6 Å². The van der Waals surface area contributed by atoms with E-state index < -0.39 is 0 Å². The van der Waals surface area contributed by atoms with Crippen molar-refractivity contribution < 1.29 is 23.9 Å². The highest BCUT2D eigenvalue weighted by Gasteiger charge is 2.38. The molecule has 32 heavy (non-hydrogen) atoms. The number of ether oxygens (including phenoxy) is 2. The quantitative estimate of drug-likeness (QED) is 0.798. The van der Waals surface area contributed by atoms with Crippen LogP contribution in [0.5, 0.6) is 11.5 Å². The summed E-state index contributed by atoms with van der Waals surface area (Å²) in [6.07, 6.45) is 1.44. The maximum atomic E-state index is 13.0. The molecule has 166 valence electrons. The highest BCUT2D eigenvalue weighted by atomic mass is 16.7. The molecule has 0 saturated carbocycles. The van der Waals surface area contributed by atoms with Crippen LogP contribution in [0.2, 0.25) is 0 Å². The average molecular weight is 435 g/mol. The van der Waals surface area contributed by atoms with E-state index in [1.165, 1.54) is 0 Å². The van der Waals surface area contributed by atoms with E-state index in [0.29, 0.717) is 49.7 Å². The van der Waals surface area contributed by atoms with Crippen molar-refractivity contribution in [3.63, 3.8) is 0 Å². The van der Waals surface area contributed by atoms with Crippen LogP contribution in [0.3, 0.4) is 0 Å². The van der Waals surface area contributed by atoms with Gasteiger partial charge in [-0.05, 0) is 37.1 Å². The van der Waals surface area contributed by atoms with Crippen LogP contribution in [-0.4, -0.2) is 49.0 Å². The number of nitrogens with zero attached hydrogens (tertiary/aromatic N) is 2. The third-order valence-corrected chi connectivity index (χ3v) is 6.36. The molecule has 0 radical (unpaired) electrons. The fourth-order valence-electron chi connectivity index (χ4n) is 4.57. The second kappa shape index (κ2) is 8.53. The molecule has 2 fully saturated rings. The minimum absolute atomic E-state index is 0.00594. The monoisotopic (exact) mass is 435 g/mol. The van der Waals surface area contributed by atoms with E-state index in [1.807, 2.05) is 30.3 Å². The minimum atomic E-state index is -0.332. The van der Waals surface area contributed by atoms with Crippen molar-refractivity contribution in [3.05, 3.63) is 48.5 Å². The van der Waals surface area contributed by atoms with Crippen LogP contribution in [-0.2, 0) is 14.4 Å². The van der Waals surface area contributed by atoms with Crippen LogP contribution in [0.1, 0.15) is 19.3 Å². The second-order valence-corrected chi connectivity index (χ2v) is 8.40. The molecule has 0 bridgehead atoms. The van der Waals surface area contributed by atoms with Crippen LogP contribution >= 0.6 is 0 Å². The fourth-order valence-corrected chi connectivity index (χ4v) is 4.57. The Balaban J connectivity index is 1.14. The lowest BCUT2D eigenvalue weighted by Gasteiger charge is -2.33. The number of anilines is 2. The maximum absolute atomic E-state index is 13.0. The van der Waals surface area contributed by atoms with Gasteiger partial charge in [-0.2, -0.15) is 0 Å². The molecule has 0 aromatic heterocycles. The van der Waals surface area contributed by atoms with E-state index in [4.69, 9.17) is 9.47 Å². The summed E-state index contributed by atoms with van der Waals surface area (Å²) < 4.78 is 10.6. The van der Waals surface area contributed by atoms with E-state index in [0.717, 1.165) is 5.69 Å². The molecular weight excluding hydrogens is 410 g/mol. The van der Waals surface area contributed by atoms with Crippen molar-refractivity contribution >= 4 is 29.1 Å². The molecular formula is C24H25N3O5. The SMILES string of the molecule is O=C(Nc1ccc2c(c1)OCO2)C1CCN(C(=O)C2CC(=O)N(c3ccccc3)C2)CC1. The minimum Gasteiger partial charge on any atom is -0.454 e. The third-order valence-electron chi connectivity index (χ3n) is 6.36. The summed E-state index contributed by atoms with van der Waals surface area (Å²) >= 11 is 0. The lowest BCUT2D eigenvalue weighted by Crippen LogP contribution is -2.44. The van der Waals surface area contributed by atoms with Crippen LogP contribution in [0.4, 0.5) is 11.4 Å². The predicted molar refractivity (Wildman–Crippen MR) is 117 cm³/mol. The first kappa shape index (κ1) is 20.4. The van der Waals surface area contributed by atoms with Crippen LogP contribution in [0.15, 0.2) is 48.5 Å². The van der Waals surface area contributed by atoms with Gasteiger partial charge in [-0.15, -0.1) is 0 Å². The first-order valence-electron chi connectivity index (χ1n) is 10.9. The molecule has 8 nitrogen and oxygen atoms in total. The van der Waals surface area contributed by atoms with Gasteiger partial charge in [0.2, 0.25) is 24.5 Å². The molecule has 3 aliphatic rings. The summed E-state index contributed by atoms with van der Waals surface area (Å²) in [6.45, 7) is 1.64. The Hall–Kier alpha value is -3.55. The number of amides is 3. The number of likely N-dealkylation sites (tertiary alicyclic amines) is 1. The van der Waals surface area contributed by atoms with Gasteiger partial charge in [0.25, 0.3) is 0 Å². The standard InChI is InChI=1S/C24H25N3O5/c28-22-12-17(14-27(22)19-4-2-1-3-5-19)24(30)26-10-8-16(9-11-26)23(29)25-18-6-7-20-21(13-18)32-15-31-20/h1-7,13,16-17H,8-12,14-15H2,(H,25,29). The Morgan fingerprint density at radius 3 is 2.47 bits per heavy atom. The van der Waals surface area contributed by atoms with Gasteiger partial charge in [-0.3, -0.25) is 14.4 Å². The Labute approximate surface area is 186 Å². The third kappa shape index (κ3) is 4.00. The lowest BCUT2D eigenvalue weighted by molar-refractivity contribution is -0.138. The van der Waals surface area contributed by atoms with E-state index in [-0.39, 0.29) is 42.8 Å². The Kier molecular flexibility index (Phi) is 5.43. The Morgan fingerprint density at radius 1 is 0.938 bits per heavy atom. The lowest BCUT2D eigenvalue weighted by atomic mass is 9.94. The number of piperidine rings is 1. The maximum Gasteiger partial charge on any atom is 0.231 e. The molecule has 0 spiro atoms. The molecule has 1 atom stereocenters. The van der Waals surface area contributed by atoms with E-state index in [1.54, 1.807) is 28.0 Å². The number of para-hydroxylation sites is 1. The van der Waals surface area contributed by atoms with E-state index in [2.05, 4.69) is 5.32 Å². The average Bonchev–Trinajstić information content (AvgIpc) is 3.45. The zero-order valence-electron chi connectivity index (χ0n) is 17.7. The summed E-state index contributed by atoms with van der Waals surface area (Å²) in [5.74, 6) is 0.739. The van der Waals surface area contributed by atoms with Crippen molar-refractivity contribution in [1.82, 2.24) is 4.90 Å². The Morgan fingerprint density at radius 2 is 1.69 bits per heavy atom. The molecule has 0 aliphatic carbocycles. The molecule has 2 saturated heterocycles. The normalized spacial score (nSPS) is 20.5. The van der Waals surface area contributed by atoms with Gasteiger partial charge in [0.1, 0.15) is 0 Å². The van der Waals surface area contributed by atoms with Crippen molar-refractivity contribution in [1.29, 1.82) is 0 Å². The molecule has 1 N–H and O–H groups in total. The van der Waals surface area contributed by atoms with Crippen molar-refractivity contribution in [2.24, 2.45) is 11.8 Å². The topological polar surface area (TPSA) is 88.2 Å². The van der Waals surface area contributed by atoms with Crippen LogP contribution < -0.4 is 19.7 Å². The summed E-state index contributed by atoms with van der Waals surface area (Å²) in [4.78, 5) is 41.7. The molecule has 3 amide bonds. The molecule has 8 heteroatoms. The number of hydrogen-bond acceptors (Lipinski definition) is 5. The number of benzene rings is 2. The zero-order valence-corrected chi connectivity index (χ0v) is 17.7. The van der Waals surface area contributed by atoms with Gasteiger partial charge in [-0.25, -0.2) is 0 Å². The molecule has 3 aliphatic heterocycles. The summed E-state index contributed by atoms with van der Waals surface area (Å²) in [5.41, 5.74) is 1.50. The van der Waals surface area contributed by atoms with Crippen molar-refractivity contribution in [2.45, 2.75) is 19.3 Å². The van der Waals surface area contributed by atoms with Gasteiger partial charge in [0, 0.05) is 49.4 Å². The zero-order chi connectivity index (χ0) is 22.1. The highest BCUT2D eigenvalue weighted by Crippen LogP contribution is 2.34. The van der Waals surface area contributed by atoms with Crippen LogP contribution in [0.25, 0.3) is 0 Å². The number of rotatable bonds is 4. The largest absolute Gasteiger partial charge is 0.454 e. The molecule has 3 heterocycles. The number of fused-ring (bicyclic) bond motifs is 1. The molecule has 2 aromatic rings. The number of nitrogens with one attached hydrogen (secondary N) is 1. The van der Waals surface area contributed by atoms with Gasteiger partial charge in [0.05, 0.1) is 5.92 Å². The molecule has 1 unspecified atom stereocenters. The van der Waals surface area contributed by atoms with Gasteiger partial charge in [0.15, 0.2) is 11.5 Å². The summed E-state index contributed by atoms with van der Waals surface area (Å²) in [6, 6.07) is 14.8. The summed E-state index contributed by atoms with van der Waals surface area (Å²) in [7, 11) is 0. The van der Waals surface area contributed by atoms with Gasteiger partial charge in [-0.1, -0.05) is 18.2 Å². The molecule has 2 aromatic carbocycles. The first-order chi connectivity index (χ1) is 15.6. The number of carbonyl (C=O) groups is 3. The molecule has 5 rings (SSSR count). The van der Waals surface area contributed by atoms with E-state index in [9.17, 15) is 14.4 Å².